The van der Waals surface area contributed by atoms with Gasteiger partial charge in [0, 0.05) is 5.92 Å². The van der Waals surface area contributed by atoms with E-state index in [1.54, 1.807) is 0 Å². The number of aliphatic hydroxyl groups is 2. The molecule has 2 bridgehead atoms. The molecule has 3 heteroatoms. The molecular weight excluding hydrogens is 276 g/mol. The molecule has 4 fully saturated rings. The van der Waals surface area contributed by atoms with E-state index in [9.17, 15) is 10.2 Å². The Kier molecular flexibility index (Phi) is 3.00. The second kappa shape index (κ2) is 4.29. The number of aliphatic hydroxyl groups excluding tert-OH is 1. The maximum Gasteiger partial charge on any atom is 0.105 e. The Labute approximate surface area is 134 Å². The molecule has 22 heavy (non-hydrogen) atoms. The Morgan fingerprint density at radius 2 is 1.77 bits per heavy atom. The molecule has 2 saturated heterocycles. The molecule has 7 unspecified atom stereocenters. The molecule has 0 aromatic rings. The van der Waals surface area contributed by atoms with Gasteiger partial charge in [0.05, 0.1) is 17.8 Å². The number of rotatable bonds is 2. The largest absolute Gasteiger partial charge is 0.396 e. The van der Waals surface area contributed by atoms with Gasteiger partial charge in [0.1, 0.15) is 5.60 Å². The summed E-state index contributed by atoms with van der Waals surface area (Å²) < 4.78 is 6.50. The lowest BCUT2D eigenvalue weighted by Crippen LogP contribution is -2.67. The summed E-state index contributed by atoms with van der Waals surface area (Å²) in [7, 11) is 0. The normalized spacial score (nSPS) is 59.9. The smallest absolute Gasteiger partial charge is 0.105 e. The van der Waals surface area contributed by atoms with Gasteiger partial charge in [0.2, 0.25) is 0 Å². The lowest BCUT2D eigenvalue weighted by molar-refractivity contribution is -0.216. The van der Waals surface area contributed by atoms with Crippen LogP contribution in [0.15, 0.2) is 0 Å². The molecule has 0 amide bonds. The van der Waals surface area contributed by atoms with Gasteiger partial charge < -0.3 is 14.9 Å². The third-order valence-electron chi connectivity index (χ3n) is 8.45. The second-order valence-electron chi connectivity index (χ2n) is 9.46. The van der Waals surface area contributed by atoms with Gasteiger partial charge in [-0.2, -0.15) is 0 Å². The van der Waals surface area contributed by atoms with Crippen LogP contribution in [0.4, 0.5) is 0 Å². The predicted molar refractivity (Wildman–Crippen MR) is 85.4 cm³/mol. The minimum absolute atomic E-state index is 0.0493. The van der Waals surface area contributed by atoms with Crippen LogP contribution in [-0.4, -0.2) is 33.6 Å². The van der Waals surface area contributed by atoms with E-state index < -0.39 is 5.60 Å². The van der Waals surface area contributed by atoms with Crippen molar-refractivity contribution in [2.24, 2.45) is 29.1 Å². The molecule has 2 aliphatic heterocycles. The molecule has 2 N–H and O–H groups in total. The Bertz CT molecular complexity index is 491. The fourth-order valence-corrected chi connectivity index (χ4v) is 7.49. The van der Waals surface area contributed by atoms with Crippen molar-refractivity contribution >= 4 is 0 Å². The summed E-state index contributed by atoms with van der Waals surface area (Å²) in [6.45, 7) is 9.23. The molecule has 1 spiro atoms. The summed E-state index contributed by atoms with van der Waals surface area (Å²) in [5, 5.41) is 22.1. The molecule has 0 aromatic carbocycles. The quantitative estimate of drug-likeness (QED) is 0.824. The van der Waals surface area contributed by atoms with Crippen LogP contribution in [0, 0.1) is 29.1 Å². The number of hydrogen-bond donors (Lipinski definition) is 2. The van der Waals surface area contributed by atoms with E-state index in [1.807, 2.05) is 0 Å². The van der Waals surface area contributed by atoms with Crippen molar-refractivity contribution in [3.63, 3.8) is 0 Å². The van der Waals surface area contributed by atoms with Crippen LogP contribution in [0.25, 0.3) is 0 Å². The summed E-state index contributed by atoms with van der Waals surface area (Å²) in [5.41, 5.74) is -1.34. The zero-order valence-corrected chi connectivity index (χ0v) is 14.6. The maximum absolute atomic E-state index is 12.0. The predicted octanol–water partition coefficient (Wildman–Crippen LogP) is 3.13. The second-order valence-corrected chi connectivity index (χ2v) is 9.46. The van der Waals surface area contributed by atoms with Crippen molar-refractivity contribution < 1.29 is 14.9 Å². The average molecular weight is 308 g/mol. The zero-order chi connectivity index (χ0) is 16.0. The zero-order valence-electron chi connectivity index (χ0n) is 14.6. The summed E-state index contributed by atoms with van der Waals surface area (Å²) >= 11 is 0. The first-order chi connectivity index (χ1) is 10.2. The number of ether oxygens (including phenoxy) is 1. The Morgan fingerprint density at radius 3 is 2.41 bits per heavy atom. The van der Waals surface area contributed by atoms with Crippen LogP contribution >= 0.6 is 0 Å². The van der Waals surface area contributed by atoms with Crippen molar-refractivity contribution in [1.29, 1.82) is 0 Å². The van der Waals surface area contributed by atoms with Crippen molar-refractivity contribution in [3.8, 4) is 0 Å². The summed E-state index contributed by atoms with van der Waals surface area (Å²) in [6, 6.07) is 0. The highest BCUT2D eigenvalue weighted by Gasteiger charge is 2.79. The third kappa shape index (κ3) is 1.45. The summed E-state index contributed by atoms with van der Waals surface area (Å²) in [5.74, 6) is 1.50. The lowest BCUT2D eigenvalue weighted by Gasteiger charge is -2.58. The molecule has 4 rings (SSSR count). The van der Waals surface area contributed by atoms with Crippen molar-refractivity contribution in [2.75, 3.05) is 6.61 Å². The minimum atomic E-state index is -0.828. The monoisotopic (exact) mass is 308 g/mol. The highest BCUT2D eigenvalue weighted by molar-refractivity contribution is 5.28. The van der Waals surface area contributed by atoms with E-state index >= 15 is 0 Å². The first kappa shape index (κ1) is 15.4. The van der Waals surface area contributed by atoms with Gasteiger partial charge in [-0.15, -0.1) is 0 Å². The average Bonchev–Trinajstić information content (AvgIpc) is 3.02. The standard InChI is InChI=1S/C19H32O3/c1-12(2)13-5-6-14-16(13,3)7-9-18-10-8-17(4,22-18)15(11-20)19(14,18)21/h12-15,20-21H,5-11H2,1-4H3. The van der Waals surface area contributed by atoms with Gasteiger partial charge >= 0.3 is 0 Å². The number of hydrogen-bond acceptors (Lipinski definition) is 3. The lowest BCUT2D eigenvalue weighted by atomic mass is 9.47. The molecule has 2 heterocycles. The van der Waals surface area contributed by atoms with Crippen molar-refractivity contribution in [3.05, 3.63) is 0 Å². The van der Waals surface area contributed by atoms with E-state index in [4.69, 9.17) is 4.74 Å². The van der Waals surface area contributed by atoms with Gasteiger partial charge in [-0.1, -0.05) is 20.8 Å². The SMILES string of the molecule is CC(C)C1CCC2C1(C)CCC13CCC(C)(O1)C(CO)C23O. The van der Waals surface area contributed by atoms with Gasteiger partial charge in [-0.25, -0.2) is 0 Å². The molecule has 0 aromatic heterocycles. The van der Waals surface area contributed by atoms with Gasteiger partial charge in [0.25, 0.3) is 0 Å². The van der Waals surface area contributed by atoms with Crippen LogP contribution in [-0.2, 0) is 4.74 Å². The fourth-order valence-electron chi connectivity index (χ4n) is 7.49. The molecule has 2 saturated carbocycles. The van der Waals surface area contributed by atoms with Crippen LogP contribution in [0.3, 0.4) is 0 Å². The molecule has 3 nitrogen and oxygen atoms in total. The summed E-state index contributed by atoms with van der Waals surface area (Å²) in [4.78, 5) is 0. The Morgan fingerprint density at radius 1 is 1.09 bits per heavy atom. The first-order valence-corrected chi connectivity index (χ1v) is 9.27. The van der Waals surface area contributed by atoms with Crippen molar-refractivity contribution in [2.45, 2.75) is 83.0 Å². The van der Waals surface area contributed by atoms with E-state index in [-0.39, 0.29) is 35.1 Å². The first-order valence-electron chi connectivity index (χ1n) is 9.27. The van der Waals surface area contributed by atoms with Crippen LogP contribution in [0.1, 0.15) is 66.2 Å². The molecular formula is C19H32O3. The van der Waals surface area contributed by atoms with Gasteiger partial charge in [-0.05, 0) is 68.6 Å². The molecule has 2 aliphatic carbocycles. The Hall–Kier alpha value is -0.120. The molecule has 126 valence electrons. The van der Waals surface area contributed by atoms with E-state index in [0.29, 0.717) is 11.8 Å². The van der Waals surface area contributed by atoms with E-state index in [1.165, 1.54) is 6.42 Å². The Balaban J connectivity index is 1.81. The third-order valence-corrected chi connectivity index (χ3v) is 8.45. The fraction of sp³-hybridized carbons (Fsp3) is 1.00. The highest BCUT2D eigenvalue weighted by atomic mass is 16.6. The van der Waals surface area contributed by atoms with Crippen molar-refractivity contribution in [1.82, 2.24) is 0 Å². The van der Waals surface area contributed by atoms with Gasteiger partial charge in [0.15, 0.2) is 0 Å². The number of fused-ring (bicyclic) bond motifs is 3. The van der Waals surface area contributed by atoms with E-state index in [2.05, 4.69) is 27.7 Å². The highest BCUT2D eigenvalue weighted by Crippen LogP contribution is 2.73. The molecule has 0 radical (unpaired) electrons. The summed E-state index contributed by atoms with van der Waals surface area (Å²) in [6.07, 6.45) is 6.38. The van der Waals surface area contributed by atoms with Gasteiger partial charge in [-0.3, -0.25) is 0 Å². The van der Waals surface area contributed by atoms with E-state index in [0.717, 1.165) is 32.1 Å². The molecule has 4 aliphatic rings. The van der Waals surface area contributed by atoms with Crippen LogP contribution in [0.2, 0.25) is 0 Å². The molecule has 7 atom stereocenters. The minimum Gasteiger partial charge on any atom is -0.396 e. The van der Waals surface area contributed by atoms with Crippen LogP contribution in [0.5, 0.6) is 0 Å². The van der Waals surface area contributed by atoms with Crippen LogP contribution < -0.4 is 0 Å². The maximum atomic E-state index is 12.0. The topological polar surface area (TPSA) is 49.7 Å².